The normalized spacial score (nSPS) is 20.0. The molecule has 48 heavy (non-hydrogen) atoms. The molecule has 5 rings (SSSR count). The number of anilines is 2. The van der Waals surface area contributed by atoms with Crippen LogP contribution < -0.4 is 21.3 Å². The van der Waals surface area contributed by atoms with Gasteiger partial charge in [0.2, 0.25) is 17.7 Å². The molecule has 15 heteroatoms. The summed E-state index contributed by atoms with van der Waals surface area (Å²) in [5.74, 6) is -0.666. The van der Waals surface area contributed by atoms with Crippen LogP contribution in [-0.2, 0) is 14.4 Å². The number of nitrogen functional groups attached to an aromatic ring is 1. The number of benzene rings is 1. The standard InChI is InChI=1S/C33H44BrN9O4S/c1-19(21-6-8-22(9-7-21)28-20(2)36-18-48-28)37-31(46)25-14-23(44)16-43(25)32(47)29(33(3,4)5)38-27(45)17-41-10-12-42(13-11-41)24-15-26(34)39-40-30(24)35/h6-9,15,18-19,23,25,29,44H,10-14,16-17H2,1-5H3,(H2,35,40)(H,37,46)(H,38,45)/t19-,23+,25-,29?/m0/s1. The van der Waals surface area contributed by atoms with E-state index in [4.69, 9.17) is 5.73 Å². The summed E-state index contributed by atoms with van der Waals surface area (Å²) in [5.41, 5.74) is 10.9. The van der Waals surface area contributed by atoms with Gasteiger partial charge in [-0.1, -0.05) is 45.0 Å². The number of halogens is 1. The van der Waals surface area contributed by atoms with Gasteiger partial charge in [-0.05, 0) is 52.4 Å². The van der Waals surface area contributed by atoms with Crippen molar-refractivity contribution >= 4 is 56.5 Å². The van der Waals surface area contributed by atoms with Crippen LogP contribution in [0.15, 0.2) is 40.4 Å². The van der Waals surface area contributed by atoms with Crippen molar-refractivity contribution in [3.8, 4) is 10.4 Å². The number of amides is 3. The van der Waals surface area contributed by atoms with Gasteiger partial charge in [-0.3, -0.25) is 19.3 Å². The number of nitrogens with one attached hydrogen (secondary N) is 2. The zero-order valence-corrected chi connectivity index (χ0v) is 30.3. The van der Waals surface area contributed by atoms with Gasteiger partial charge < -0.3 is 31.3 Å². The maximum Gasteiger partial charge on any atom is 0.246 e. The molecule has 0 spiro atoms. The Hall–Kier alpha value is -3.66. The number of carbonyl (C=O) groups excluding carboxylic acids is 3. The van der Waals surface area contributed by atoms with Crippen molar-refractivity contribution in [2.75, 3.05) is 49.9 Å². The Bertz CT molecular complexity index is 1620. The maximum atomic E-state index is 14.0. The Morgan fingerprint density at radius 2 is 1.79 bits per heavy atom. The predicted molar refractivity (Wildman–Crippen MR) is 189 cm³/mol. The maximum absolute atomic E-state index is 14.0. The molecule has 3 amide bonds. The number of aliphatic hydroxyl groups is 1. The van der Waals surface area contributed by atoms with Crippen LogP contribution in [0.3, 0.4) is 0 Å². The molecule has 1 unspecified atom stereocenters. The first-order valence-corrected chi connectivity index (χ1v) is 17.7. The zero-order valence-electron chi connectivity index (χ0n) is 27.9. The molecule has 0 aliphatic carbocycles. The van der Waals surface area contributed by atoms with Crippen molar-refractivity contribution in [2.24, 2.45) is 5.41 Å². The number of likely N-dealkylation sites (tertiary alicyclic amines) is 1. The second kappa shape index (κ2) is 14.8. The Kier molecular flexibility index (Phi) is 11.0. The third-order valence-electron chi connectivity index (χ3n) is 8.91. The van der Waals surface area contributed by atoms with Crippen LogP contribution in [0.25, 0.3) is 10.4 Å². The lowest BCUT2D eigenvalue weighted by atomic mass is 9.85. The molecular formula is C33H44BrN9O4S. The summed E-state index contributed by atoms with van der Waals surface area (Å²) in [7, 11) is 0. The lowest BCUT2D eigenvalue weighted by Gasteiger charge is -2.37. The van der Waals surface area contributed by atoms with Gasteiger partial charge in [-0.25, -0.2) is 4.98 Å². The first kappa shape index (κ1) is 35.6. The van der Waals surface area contributed by atoms with E-state index in [9.17, 15) is 19.5 Å². The molecule has 2 saturated heterocycles. The number of hydrogen-bond donors (Lipinski definition) is 4. The van der Waals surface area contributed by atoms with Crippen molar-refractivity contribution in [1.29, 1.82) is 0 Å². The average Bonchev–Trinajstić information content (AvgIpc) is 3.66. The molecule has 1 aromatic carbocycles. The van der Waals surface area contributed by atoms with E-state index >= 15 is 0 Å². The summed E-state index contributed by atoms with van der Waals surface area (Å²) in [4.78, 5) is 51.9. The SMILES string of the molecule is Cc1ncsc1-c1ccc([C@H](C)NC(=O)[C@@H]2C[C@@H](O)CN2C(=O)C(NC(=O)CN2CCN(c3cc(Br)nnc3N)CC2)C(C)(C)C)cc1. The number of aryl methyl sites for hydroxylation is 1. The Morgan fingerprint density at radius 1 is 1.10 bits per heavy atom. The highest BCUT2D eigenvalue weighted by molar-refractivity contribution is 9.10. The minimum Gasteiger partial charge on any atom is -0.391 e. The molecule has 2 aromatic heterocycles. The number of aliphatic hydroxyl groups excluding tert-OH is 1. The quantitative estimate of drug-likeness (QED) is 0.256. The van der Waals surface area contributed by atoms with E-state index in [1.807, 2.05) is 75.4 Å². The third kappa shape index (κ3) is 8.31. The van der Waals surface area contributed by atoms with E-state index in [0.717, 1.165) is 27.4 Å². The molecular weight excluding hydrogens is 698 g/mol. The summed E-state index contributed by atoms with van der Waals surface area (Å²) < 4.78 is 0.596. The number of hydrogen-bond acceptors (Lipinski definition) is 11. The Morgan fingerprint density at radius 3 is 2.42 bits per heavy atom. The lowest BCUT2D eigenvalue weighted by molar-refractivity contribution is -0.144. The number of rotatable bonds is 9. The number of aromatic nitrogens is 3. The Labute approximate surface area is 293 Å². The fourth-order valence-electron chi connectivity index (χ4n) is 6.19. The summed E-state index contributed by atoms with van der Waals surface area (Å²) in [5, 5.41) is 24.5. The van der Waals surface area contributed by atoms with Crippen molar-refractivity contribution in [1.82, 2.24) is 35.6 Å². The second-order valence-corrected chi connectivity index (χ2v) is 15.2. The number of piperazine rings is 1. The molecule has 4 atom stereocenters. The Balaban J connectivity index is 1.19. The molecule has 13 nitrogen and oxygen atoms in total. The van der Waals surface area contributed by atoms with Gasteiger partial charge in [0.25, 0.3) is 0 Å². The average molecular weight is 743 g/mol. The first-order valence-electron chi connectivity index (χ1n) is 16.1. The van der Waals surface area contributed by atoms with Gasteiger partial charge in [0.1, 0.15) is 16.7 Å². The highest BCUT2D eigenvalue weighted by Gasteiger charge is 2.44. The van der Waals surface area contributed by atoms with Crippen LogP contribution in [0.4, 0.5) is 11.5 Å². The van der Waals surface area contributed by atoms with Crippen LogP contribution >= 0.6 is 27.3 Å². The second-order valence-electron chi connectivity index (χ2n) is 13.6. The third-order valence-corrected chi connectivity index (χ3v) is 10.3. The highest BCUT2D eigenvalue weighted by atomic mass is 79.9. The van der Waals surface area contributed by atoms with Gasteiger partial charge >= 0.3 is 0 Å². The monoisotopic (exact) mass is 741 g/mol. The molecule has 2 aliphatic rings. The van der Waals surface area contributed by atoms with Crippen LogP contribution in [0, 0.1) is 12.3 Å². The van der Waals surface area contributed by atoms with Gasteiger partial charge in [0, 0.05) is 39.1 Å². The molecule has 2 fully saturated rings. The van der Waals surface area contributed by atoms with Crippen LogP contribution in [0.5, 0.6) is 0 Å². The summed E-state index contributed by atoms with van der Waals surface area (Å²) in [6, 6.07) is 7.72. The predicted octanol–water partition coefficient (Wildman–Crippen LogP) is 2.75. The molecule has 0 bridgehead atoms. The van der Waals surface area contributed by atoms with E-state index in [0.29, 0.717) is 36.6 Å². The van der Waals surface area contributed by atoms with E-state index < -0.39 is 23.6 Å². The molecule has 3 aromatic rings. The fraction of sp³-hybridized carbons (Fsp3) is 0.515. The number of carbonyl (C=O) groups is 3. The van der Waals surface area contributed by atoms with E-state index in [1.54, 1.807) is 11.3 Å². The molecule has 258 valence electrons. The van der Waals surface area contributed by atoms with Crippen LogP contribution in [0.1, 0.15) is 51.4 Å². The van der Waals surface area contributed by atoms with Gasteiger partial charge in [0.15, 0.2) is 5.82 Å². The first-order chi connectivity index (χ1) is 22.7. The van der Waals surface area contributed by atoms with Crippen molar-refractivity contribution < 1.29 is 19.5 Å². The van der Waals surface area contributed by atoms with E-state index in [2.05, 4.69) is 46.6 Å². The van der Waals surface area contributed by atoms with Crippen molar-refractivity contribution in [2.45, 2.75) is 65.3 Å². The van der Waals surface area contributed by atoms with Gasteiger partial charge in [0.05, 0.1) is 40.5 Å². The smallest absolute Gasteiger partial charge is 0.246 e. The van der Waals surface area contributed by atoms with E-state index in [1.165, 1.54) is 4.90 Å². The fourth-order valence-corrected chi connectivity index (χ4v) is 7.30. The van der Waals surface area contributed by atoms with Crippen LogP contribution in [0.2, 0.25) is 0 Å². The lowest BCUT2D eigenvalue weighted by Crippen LogP contribution is -2.59. The molecule has 4 heterocycles. The van der Waals surface area contributed by atoms with E-state index in [-0.39, 0.29) is 43.3 Å². The number of nitrogens with zero attached hydrogens (tertiary/aromatic N) is 6. The topological polar surface area (TPSA) is 170 Å². The summed E-state index contributed by atoms with van der Waals surface area (Å²) >= 11 is 4.92. The minimum absolute atomic E-state index is 0.0156. The van der Waals surface area contributed by atoms with Crippen LogP contribution in [-0.4, -0.2) is 105 Å². The molecule has 0 saturated carbocycles. The van der Waals surface area contributed by atoms with Gasteiger partial charge in [-0.2, -0.15) is 0 Å². The molecule has 5 N–H and O–H groups in total. The minimum atomic E-state index is -0.896. The zero-order chi connectivity index (χ0) is 34.7. The van der Waals surface area contributed by atoms with Gasteiger partial charge in [-0.15, -0.1) is 21.5 Å². The number of nitrogens with two attached hydrogens (primary N) is 1. The summed E-state index contributed by atoms with van der Waals surface area (Å²) in [6.07, 6.45) is -0.725. The number of thiazole rings is 1. The number of β-amino-alcohol motifs (C(OH)–C–C–N with tert-alkyl or cyclic N) is 1. The van der Waals surface area contributed by atoms with Crippen molar-refractivity contribution in [3.05, 3.63) is 51.7 Å². The highest BCUT2D eigenvalue weighted by Crippen LogP contribution is 2.30. The molecule has 2 aliphatic heterocycles. The summed E-state index contributed by atoms with van der Waals surface area (Å²) in [6.45, 7) is 12.2. The largest absolute Gasteiger partial charge is 0.391 e. The van der Waals surface area contributed by atoms with Crippen molar-refractivity contribution in [3.63, 3.8) is 0 Å². The molecule has 0 radical (unpaired) electrons.